The normalized spacial score (nSPS) is 12.4. The second-order valence-corrected chi connectivity index (χ2v) is 5.46. The molecule has 0 aliphatic carbocycles. The van der Waals surface area contributed by atoms with Crippen LogP contribution in [-0.4, -0.2) is 4.98 Å². The number of anilines is 1. The molecule has 1 N–H and O–H groups in total. The quantitative estimate of drug-likeness (QED) is 0.850. The van der Waals surface area contributed by atoms with Gasteiger partial charge in [-0.25, -0.2) is 4.98 Å². The first-order valence-electron chi connectivity index (χ1n) is 5.09. The summed E-state index contributed by atoms with van der Waals surface area (Å²) in [4.78, 5) is 5.57. The standard InChI is InChI=1S/C12H13BrN2S/c1-8-5-6-16-12(8)9(2)15-10-3-4-11(13)14-7-10/h3-7,9,15H,1-2H3. The Morgan fingerprint density at radius 2 is 2.19 bits per heavy atom. The minimum atomic E-state index is 0.322. The first-order chi connectivity index (χ1) is 7.66. The van der Waals surface area contributed by atoms with Crippen LogP contribution in [0.3, 0.4) is 0 Å². The molecule has 1 unspecified atom stereocenters. The van der Waals surface area contributed by atoms with Gasteiger partial charge in [0.1, 0.15) is 4.60 Å². The van der Waals surface area contributed by atoms with Gasteiger partial charge in [0.15, 0.2) is 0 Å². The summed E-state index contributed by atoms with van der Waals surface area (Å²) in [5.41, 5.74) is 2.39. The molecule has 0 bridgehead atoms. The Morgan fingerprint density at radius 1 is 1.38 bits per heavy atom. The Balaban J connectivity index is 2.10. The molecule has 0 fully saturated rings. The van der Waals surface area contributed by atoms with Crippen molar-refractivity contribution in [3.63, 3.8) is 0 Å². The summed E-state index contributed by atoms with van der Waals surface area (Å²) in [6.45, 7) is 4.31. The molecule has 0 radical (unpaired) electrons. The average molecular weight is 297 g/mol. The van der Waals surface area contributed by atoms with Crippen LogP contribution < -0.4 is 5.32 Å². The van der Waals surface area contributed by atoms with Gasteiger partial charge >= 0.3 is 0 Å². The average Bonchev–Trinajstić information content (AvgIpc) is 2.68. The number of nitrogens with one attached hydrogen (secondary N) is 1. The zero-order valence-corrected chi connectivity index (χ0v) is 11.6. The zero-order chi connectivity index (χ0) is 11.5. The zero-order valence-electron chi connectivity index (χ0n) is 9.20. The number of aromatic nitrogens is 1. The van der Waals surface area contributed by atoms with Gasteiger partial charge < -0.3 is 5.32 Å². The van der Waals surface area contributed by atoms with E-state index in [4.69, 9.17) is 0 Å². The molecule has 2 nitrogen and oxygen atoms in total. The van der Waals surface area contributed by atoms with Crippen LogP contribution in [-0.2, 0) is 0 Å². The van der Waals surface area contributed by atoms with Gasteiger partial charge in [-0.3, -0.25) is 0 Å². The lowest BCUT2D eigenvalue weighted by atomic mass is 10.2. The molecule has 0 saturated heterocycles. The maximum absolute atomic E-state index is 4.19. The van der Waals surface area contributed by atoms with Crippen molar-refractivity contribution in [2.45, 2.75) is 19.9 Å². The highest BCUT2D eigenvalue weighted by Crippen LogP contribution is 2.26. The van der Waals surface area contributed by atoms with Gasteiger partial charge in [0.05, 0.1) is 17.9 Å². The van der Waals surface area contributed by atoms with Crippen LogP contribution in [0.2, 0.25) is 0 Å². The Hall–Kier alpha value is -0.870. The van der Waals surface area contributed by atoms with Crippen molar-refractivity contribution < 1.29 is 0 Å². The first kappa shape index (κ1) is 11.6. The molecule has 84 valence electrons. The summed E-state index contributed by atoms with van der Waals surface area (Å²) in [6, 6.07) is 6.44. The van der Waals surface area contributed by atoms with E-state index in [1.54, 1.807) is 11.3 Å². The van der Waals surface area contributed by atoms with Crippen LogP contribution in [0.15, 0.2) is 34.4 Å². The molecule has 4 heteroatoms. The van der Waals surface area contributed by atoms with Crippen LogP contribution in [0.4, 0.5) is 5.69 Å². The van der Waals surface area contributed by atoms with Gasteiger partial charge in [-0.1, -0.05) is 0 Å². The minimum absolute atomic E-state index is 0.322. The first-order valence-corrected chi connectivity index (χ1v) is 6.76. The largest absolute Gasteiger partial charge is 0.376 e. The highest BCUT2D eigenvalue weighted by Gasteiger charge is 2.09. The molecule has 0 amide bonds. The van der Waals surface area contributed by atoms with Gasteiger partial charge in [0, 0.05) is 4.88 Å². The number of hydrogen-bond acceptors (Lipinski definition) is 3. The Morgan fingerprint density at radius 3 is 2.75 bits per heavy atom. The molecule has 2 aromatic heterocycles. The second kappa shape index (κ2) is 4.97. The molecule has 0 aromatic carbocycles. The van der Waals surface area contributed by atoms with E-state index in [2.05, 4.69) is 51.5 Å². The smallest absolute Gasteiger partial charge is 0.106 e. The summed E-state index contributed by atoms with van der Waals surface area (Å²) >= 11 is 5.11. The van der Waals surface area contributed by atoms with E-state index in [9.17, 15) is 0 Å². The summed E-state index contributed by atoms with van der Waals surface area (Å²) < 4.78 is 0.859. The molecule has 0 spiro atoms. The van der Waals surface area contributed by atoms with Crippen molar-refractivity contribution in [2.75, 3.05) is 5.32 Å². The van der Waals surface area contributed by atoms with Gasteiger partial charge in [-0.05, 0) is 58.9 Å². The number of thiophene rings is 1. The van der Waals surface area contributed by atoms with E-state index in [1.165, 1.54) is 10.4 Å². The number of pyridine rings is 1. The fourth-order valence-corrected chi connectivity index (χ4v) is 2.78. The van der Waals surface area contributed by atoms with E-state index >= 15 is 0 Å². The monoisotopic (exact) mass is 296 g/mol. The molecule has 2 rings (SSSR count). The maximum Gasteiger partial charge on any atom is 0.106 e. The Labute approximate surface area is 108 Å². The number of rotatable bonds is 3. The highest BCUT2D eigenvalue weighted by atomic mass is 79.9. The predicted molar refractivity (Wildman–Crippen MR) is 73.0 cm³/mol. The van der Waals surface area contributed by atoms with Crippen molar-refractivity contribution in [2.24, 2.45) is 0 Å². The third kappa shape index (κ3) is 2.62. The highest BCUT2D eigenvalue weighted by molar-refractivity contribution is 9.10. The van der Waals surface area contributed by atoms with E-state index < -0.39 is 0 Å². The molecule has 0 saturated carbocycles. The lowest BCUT2D eigenvalue weighted by molar-refractivity contribution is 0.896. The fourth-order valence-electron chi connectivity index (χ4n) is 1.60. The Bertz CT molecular complexity index is 464. The molecule has 2 aromatic rings. The molecule has 16 heavy (non-hydrogen) atoms. The SMILES string of the molecule is Cc1ccsc1C(C)Nc1ccc(Br)nc1. The summed E-state index contributed by atoms with van der Waals surface area (Å²) in [6.07, 6.45) is 1.84. The number of halogens is 1. The Kier molecular flexibility index (Phi) is 3.61. The van der Waals surface area contributed by atoms with Crippen molar-refractivity contribution in [3.8, 4) is 0 Å². The third-order valence-corrected chi connectivity index (χ3v) is 4.08. The van der Waals surface area contributed by atoms with Crippen LogP contribution in [0, 0.1) is 6.92 Å². The molecule has 0 aliphatic rings. The lowest BCUT2D eigenvalue weighted by Crippen LogP contribution is -2.06. The van der Waals surface area contributed by atoms with Crippen molar-refractivity contribution in [1.82, 2.24) is 4.98 Å². The van der Waals surface area contributed by atoms with Crippen molar-refractivity contribution in [3.05, 3.63) is 44.8 Å². The number of hydrogen-bond donors (Lipinski definition) is 1. The molecular weight excluding hydrogens is 284 g/mol. The predicted octanol–water partition coefficient (Wildman–Crippen LogP) is 4.39. The fraction of sp³-hybridized carbons (Fsp3) is 0.250. The van der Waals surface area contributed by atoms with Crippen molar-refractivity contribution in [1.29, 1.82) is 0 Å². The van der Waals surface area contributed by atoms with Crippen LogP contribution in [0.25, 0.3) is 0 Å². The summed E-state index contributed by atoms with van der Waals surface area (Å²) in [5, 5.41) is 5.57. The topological polar surface area (TPSA) is 24.9 Å². The van der Waals surface area contributed by atoms with Crippen LogP contribution >= 0.6 is 27.3 Å². The van der Waals surface area contributed by atoms with Crippen LogP contribution in [0.1, 0.15) is 23.4 Å². The number of nitrogens with zero attached hydrogens (tertiary/aromatic N) is 1. The molecular formula is C12H13BrN2S. The lowest BCUT2D eigenvalue weighted by Gasteiger charge is -2.14. The van der Waals surface area contributed by atoms with Gasteiger partial charge in [0.25, 0.3) is 0 Å². The summed E-state index contributed by atoms with van der Waals surface area (Å²) in [5.74, 6) is 0. The van der Waals surface area contributed by atoms with Crippen LogP contribution in [0.5, 0.6) is 0 Å². The van der Waals surface area contributed by atoms with Gasteiger partial charge in [-0.2, -0.15) is 0 Å². The molecule has 1 atom stereocenters. The minimum Gasteiger partial charge on any atom is -0.376 e. The number of aryl methyl sites for hydroxylation is 1. The van der Waals surface area contributed by atoms with E-state index in [0.717, 1.165) is 10.3 Å². The van der Waals surface area contributed by atoms with Gasteiger partial charge in [0.2, 0.25) is 0 Å². The van der Waals surface area contributed by atoms with E-state index in [-0.39, 0.29) is 0 Å². The third-order valence-electron chi connectivity index (χ3n) is 2.41. The molecule has 0 aliphatic heterocycles. The molecule has 2 heterocycles. The second-order valence-electron chi connectivity index (χ2n) is 3.70. The van der Waals surface area contributed by atoms with E-state index in [1.807, 2.05) is 18.3 Å². The van der Waals surface area contributed by atoms with E-state index in [0.29, 0.717) is 6.04 Å². The summed E-state index contributed by atoms with van der Waals surface area (Å²) in [7, 11) is 0. The maximum atomic E-state index is 4.19. The van der Waals surface area contributed by atoms with Gasteiger partial charge in [-0.15, -0.1) is 11.3 Å². The van der Waals surface area contributed by atoms with Crippen molar-refractivity contribution >= 4 is 33.0 Å².